The van der Waals surface area contributed by atoms with Crippen LogP contribution in [0.25, 0.3) is 6.08 Å². The Morgan fingerprint density at radius 3 is 2.57 bits per heavy atom. The highest BCUT2D eigenvalue weighted by atomic mass is 16.4. The second-order valence-corrected chi connectivity index (χ2v) is 6.36. The third kappa shape index (κ3) is 3.87. The average Bonchev–Trinajstić information content (AvgIpc) is 2.46. The van der Waals surface area contributed by atoms with Crippen molar-refractivity contribution in [1.82, 2.24) is 0 Å². The minimum atomic E-state index is -0.909. The summed E-state index contributed by atoms with van der Waals surface area (Å²) < 4.78 is 0. The van der Waals surface area contributed by atoms with Crippen LogP contribution in [0.5, 0.6) is 0 Å². The Morgan fingerprint density at radius 1 is 1.38 bits per heavy atom. The van der Waals surface area contributed by atoms with Crippen LogP contribution in [0.4, 0.5) is 5.69 Å². The first-order valence-electron chi connectivity index (χ1n) is 7.70. The van der Waals surface area contributed by atoms with Gasteiger partial charge < -0.3 is 10.0 Å². The highest BCUT2D eigenvalue weighted by Crippen LogP contribution is 2.35. The molecule has 3 nitrogen and oxygen atoms in total. The number of carboxylic acids is 1. The van der Waals surface area contributed by atoms with Gasteiger partial charge in [0.2, 0.25) is 0 Å². The van der Waals surface area contributed by atoms with Crippen LogP contribution < -0.4 is 4.90 Å². The summed E-state index contributed by atoms with van der Waals surface area (Å²) in [5.74, 6) is -0.909. The summed E-state index contributed by atoms with van der Waals surface area (Å²) in [6, 6.07) is 6.27. The fourth-order valence-corrected chi connectivity index (χ4v) is 2.86. The number of aliphatic carboxylic acids is 1. The van der Waals surface area contributed by atoms with Crippen LogP contribution in [0.15, 0.2) is 24.3 Å². The number of hydrogen-bond acceptors (Lipinski definition) is 2. The van der Waals surface area contributed by atoms with Crippen molar-refractivity contribution < 1.29 is 9.90 Å². The molecule has 0 saturated carbocycles. The lowest BCUT2D eigenvalue weighted by molar-refractivity contribution is -0.131. The zero-order valence-electron chi connectivity index (χ0n) is 13.2. The van der Waals surface area contributed by atoms with E-state index in [1.54, 1.807) is 6.08 Å². The standard InChI is InChI=1S/C18H25NO2/c1-4-18(3)9-11-19(12-10-18)16-7-5-15(14(2)13-16)6-8-17(20)21/h5-8,13H,4,9-12H2,1-3H3,(H,20,21). The Morgan fingerprint density at radius 2 is 2.05 bits per heavy atom. The molecule has 2 rings (SSSR count). The van der Waals surface area contributed by atoms with Crippen LogP contribution in [0.3, 0.4) is 0 Å². The van der Waals surface area contributed by atoms with Gasteiger partial charge in [0.25, 0.3) is 0 Å². The van der Waals surface area contributed by atoms with E-state index in [0.29, 0.717) is 5.41 Å². The summed E-state index contributed by atoms with van der Waals surface area (Å²) in [7, 11) is 0. The Hall–Kier alpha value is -1.77. The van der Waals surface area contributed by atoms with Crippen molar-refractivity contribution >= 4 is 17.7 Å². The summed E-state index contributed by atoms with van der Waals surface area (Å²) in [6.07, 6.45) is 6.58. The van der Waals surface area contributed by atoms with Gasteiger partial charge in [0, 0.05) is 24.9 Å². The predicted molar refractivity (Wildman–Crippen MR) is 87.7 cm³/mol. The first-order valence-corrected chi connectivity index (χ1v) is 7.70. The molecular formula is C18H25NO2. The fraction of sp³-hybridized carbons (Fsp3) is 0.500. The second kappa shape index (κ2) is 6.33. The van der Waals surface area contributed by atoms with Gasteiger partial charge in [-0.05, 0) is 54.5 Å². The molecule has 1 heterocycles. The van der Waals surface area contributed by atoms with E-state index < -0.39 is 5.97 Å². The van der Waals surface area contributed by atoms with Crippen molar-refractivity contribution in [3.63, 3.8) is 0 Å². The van der Waals surface area contributed by atoms with Crippen LogP contribution in [-0.2, 0) is 4.79 Å². The van der Waals surface area contributed by atoms with Gasteiger partial charge >= 0.3 is 5.97 Å². The van der Waals surface area contributed by atoms with Crippen molar-refractivity contribution in [3.8, 4) is 0 Å². The Bertz CT molecular complexity index is 540. The molecule has 0 aliphatic carbocycles. The lowest BCUT2D eigenvalue weighted by Crippen LogP contribution is -2.38. The maximum absolute atomic E-state index is 10.6. The summed E-state index contributed by atoms with van der Waals surface area (Å²) >= 11 is 0. The zero-order valence-corrected chi connectivity index (χ0v) is 13.2. The summed E-state index contributed by atoms with van der Waals surface area (Å²) in [6.45, 7) is 8.91. The van der Waals surface area contributed by atoms with Gasteiger partial charge in [-0.15, -0.1) is 0 Å². The number of hydrogen-bond donors (Lipinski definition) is 1. The van der Waals surface area contributed by atoms with Crippen LogP contribution in [-0.4, -0.2) is 24.2 Å². The van der Waals surface area contributed by atoms with Gasteiger partial charge in [-0.3, -0.25) is 0 Å². The van der Waals surface area contributed by atoms with E-state index in [4.69, 9.17) is 5.11 Å². The number of aryl methyl sites for hydroxylation is 1. The largest absolute Gasteiger partial charge is 0.478 e. The van der Waals surface area contributed by atoms with Crippen LogP contribution in [0, 0.1) is 12.3 Å². The Balaban J connectivity index is 2.09. The SMILES string of the molecule is CCC1(C)CCN(c2ccc(C=CC(=O)O)c(C)c2)CC1. The van der Waals surface area contributed by atoms with Crippen molar-refractivity contribution in [2.45, 2.75) is 40.0 Å². The first kappa shape index (κ1) is 15.6. The van der Waals surface area contributed by atoms with E-state index in [1.807, 2.05) is 13.0 Å². The first-order chi connectivity index (χ1) is 9.93. The van der Waals surface area contributed by atoms with Crippen LogP contribution in [0.2, 0.25) is 0 Å². The van der Waals surface area contributed by atoms with E-state index in [0.717, 1.165) is 24.2 Å². The number of nitrogens with zero attached hydrogens (tertiary/aromatic N) is 1. The molecule has 21 heavy (non-hydrogen) atoms. The summed E-state index contributed by atoms with van der Waals surface area (Å²) in [4.78, 5) is 13.0. The molecule has 1 aliphatic heterocycles. The van der Waals surface area contributed by atoms with E-state index >= 15 is 0 Å². The third-order valence-corrected chi connectivity index (χ3v) is 4.85. The van der Waals surface area contributed by atoms with E-state index in [1.165, 1.54) is 31.0 Å². The molecule has 1 aliphatic rings. The molecule has 1 fully saturated rings. The summed E-state index contributed by atoms with van der Waals surface area (Å²) in [5, 5.41) is 8.70. The van der Waals surface area contributed by atoms with Crippen LogP contribution in [0.1, 0.15) is 44.2 Å². The van der Waals surface area contributed by atoms with Gasteiger partial charge in [-0.1, -0.05) is 26.3 Å². The number of carbonyl (C=O) groups is 1. The van der Waals surface area contributed by atoms with Crippen molar-refractivity contribution in [2.75, 3.05) is 18.0 Å². The monoisotopic (exact) mass is 287 g/mol. The lowest BCUT2D eigenvalue weighted by atomic mass is 9.78. The number of piperidine rings is 1. The molecule has 1 aromatic carbocycles. The third-order valence-electron chi connectivity index (χ3n) is 4.85. The summed E-state index contributed by atoms with van der Waals surface area (Å²) in [5.41, 5.74) is 3.83. The van der Waals surface area contributed by atoms with Crippen LogP contribution >= 0.6 is 0 Å². The molecule has 114 valence electrons. The molecule has 1 aromatic rings. The number of benzene rings is 1. The predicted octanol–water partition coefficient (Wildman–Crippen LogP) is 4.11. The van der Waals surface area contributed by atoms with Gasteiger partial charge in [0.1, 0.15) is 0 Å². The Kier molecular flexibility index (Phi) is 4.71. The molecule has 0 amide bonds. The quantitative estimate of drug-likeness (QED) is 0.847. The molecule has 0 spiro atoms. The minimum absolute atomic E-state index is 0.496. The van der Waals surface area contributed by atoms with Gasteiger partial charge in [-0.25, -0.2) is 4.79 Å². The smallest absolute Gasteiger partial charge is 0.328 e. The molecule has 0 unspecified atom stereocenters. The average molecular weight is 287 g/mol. The molecule has 0 atom stereocenters. The zero-order chi connectivity index (χ0) is 15.5. The van der Waals surface area contributed by atoms with Gasteiger partial charge in [0.15, 0.2) is 0 Å². The second-order valence-electron chi connectivity index (χ2n) is 6.36. The molecule has 0 bridgehead atoms. The van der Waals surface area contributed by atoms with Crippen molar-refractivity contribution in [1.29, 1.82) is 0 Å². The van der Waals surface area contributed by atoms with E-state index in [2.05, 4.69) is 30.9 Å². The molecule has 1 saturated heterocycles. The van der Waals surface area contributed by atoms with Gasteiger partial charge in [0.05, 0.1) is 0 Å². The van der Waals surface area contributed by atoms with E-state index in [-0.39, 0.29) is 0 Å². The molecule has 1 N–H and O–H groups in total. The molecule has 3 heteroatoms. The minimum Gasteiger partial charge on any atom is -0.478 e. The van der Waals surface area contributed by atoms with Crippen molar-refractivity contribution in [2.24, 2.45) is 5.41 Å². The molecule has 0 radical (unpaired) electrons. The lowest BCUT2D eigenvalue weighted by Gasteiger charge is -2.40. The van der Waals surface area contributed by atoms with E-state index in [9.17, 15) is 4.79 Å². The maximum atomic E-state index is 10.6. The maximum Gasteiger partial charge on any atom is 0.328 e. The van der Waals surface area contributed by atoms with Crippen molar-refractivity contribution in [3.05, 3.63) is 35.4 Å². The number of anilines is 1. The van der Waals surface area contributed by atoms with Gasteiger partial charge in [-0.2, -0.15) is 0 Å². The molecule has 0 aromatic heterocycles. The Labute approximate surface area is 127 Å². The highest BCUT2D eigenvalue weighted by Gasteiger charge is 2.28. The molecular weight excluding hydrogens is 262 g/mol. The normalized spacial score (nSPS) is 18.1. The number of rotatable bonds is 4. The highest BCUT2D eigenvalue weighted by molar-refractivity contribution is 5.85. The number of carboxylic acid groups (broad SMARTS) is 1. The fourth-order valence-electron chi connectivity index (χ4n) is 2.86. The topological polar surface area (TPSA) is 40.5 Å².